The molecule has 0 spiro atoms. The monoisotopic (exact) mass is 489 g/mol. The summed E-state index contributed by atoms with van der Waals surface area (Å²) in [7, 11) is 1.31. The summed E-state index contributed by atoms with van der Waals surface area (Å²) in [4.78, 5) is 30.8. The van der Waals surface area contributed by atoms with E-state index >= 15 is 0 Å². The molecule has 2 N–H and O–H groups in total. The van der Waals surface area contributed by atoms with E-state index in [4.69, 9.17) is 9.47 Å². The number of carbonyl (C=O) groups excluding carboxylic acids is 2. The lowest BCUT2D eigenvalue weighted by molar-refractivity contribution is -0.135. The Labute approximate surface area is 190 Å². The minimum atomic E-state index is -0.627. The minimum Gasteiger partial charge on any atom is -0.453 e. The van der Waals surface area contributed by atoms with Crippen LogP contribution in [0.2, 0.25) is 0 Å². The Bertz CT molecular complexity index is 970. The molecule has 2 aliphatic heterocycles. The van der Waals surface area contributed by atoms with E-state index < -0.39 is 12.1 Å². The molecular formula is C23H28BrN3O4. The SMILES string of the molecule is COC(=O)NC(C(=O)N1CCC[C@H]1c1[nH]c(-c2ccc(Br)cc2)c2c1COC2)C(C)C. The van der Waals surface area contributed by atoms with Gasteiger partial charge in [0.05, 0.1) is 32.1 Å². The van der Waals surface area contributed by atoms with Crippen LogP contribution in [-0.2, 0) is 27.5 Å². The number of amides is 2. The molecule has 2 amide bonds. The number of carbonyl (C=O) groups is 2. The highest BCUT2D eigenvalue weighted by Crippen LogP contribution is 2.41. The highest BCUT2D eigenvalue weighted by Gasteiger charge is 2.39. The number of nitrogens with zero attached hydrogens (tertiary/aromatic N) is 1. The summed E-state index contributed by atoms with van der Waals surface area (Å²) in [5.74, 6) is -0.126. The Kier molecular flexibility index (Phi) is 6.39. The lowest BCUT2D eigenvalue weighted by Crippen LogP contribution is -2.51. The predicted molar refractivity (Wildman–Crippen MR) is 120 cm³/mol. The lowest BCUT2D eigenvalue weighted by atomic mass is 10.0. The molecule has 2 aliphatic rings. The van der Waals surface area contributed by atoms with Crippen LogP contribution in [0.15, 0.2) is 28.7 Å². The van der Waals surface area contributed by atoms with Gasteiger partial charge in [0.1, 0.15) is 6.04 Å². The standard InChI is InChI=1S/C23H28BrN3O4/c1-13(2)19(26-23(29)30-3)22(28)27-10-4-5-18(27)21-17-12-31-11-16(17)20(25-21)14-6-8-15(24)9-7-14/h6-9,13,18-19,25H,4-5,10-12H2,1-3H3,(H,26,29)/t18-,19?/m0/s1. The van der Waals surface area contributed by atoms with Gasteiger partial charge < -0.3 is 24.7 Å². The number of nitrogens with one attached hydrogen (secondary N) is 2. The van der Waals surface area contributed by atoms with Gasteiger partial charge in [-0.3, -0.25) is 4.79 Å². The summed E-state index contributed by atoms with van der Waals surface area (Å²) in [5, 5.41) is 2.71. The van der Waals surface area contributed by atoms with Crippen molar-refractivity contribution in [1.82, 2.24) is 15.2 Å². The van der Waals surface area contributed by atoms with Crippen LogP contribution in [-0.4, -0.2) is 41.6 Å². The molecule has 0 aliphatic carbocycles. The molecule has 1 fully saturated rings. The van der Waals surface area contributed by atoms with Crippen LogP contribution in [0.25, 0.3) is 11.3 Å². The molecule has 3 heterocycles. The van der Waals surface area contributed by atoms with Crippen molar-refractivity contribution in [2.75, 3.05) is 13.7 Å². The van der Waals surface area contributed by atoms with E-state index in [1.165, 1.54) is 12.7 Å². The van der Waals surface area contributed by atoms with Gasteiger partial charge in [0, 0.05) is 27.8 Å². The molecule has 7 nitrogen and oxygen atoms in total. The largest absolute Gasteiger partial charge is 0.453 e. The second-order valence-electron chi connectivity index (χ2n) is 8.42. The Balaban J connectivity index is 1.66. The van der Waals surface area contributed by atoms with Crippen LogP contribution >= 0.6 is 15.9 Å². The normalized spacial score (nSPS) is 18.9. The third-order valence-electron chi connectivity index (χ3n) is 6.14. The van der Waals surface area contributed by atoms with E-state index in [2.05, 4.69) is 38.4 Å². The van der Waals surface area contributed by atoms with Crippen LogP contribution in [0.5, 0.6) is 0 Å². The fraction of sp³-hybridized carbons (Fsp3) is 0.478. The van der Waals surface area contributed by atoms with Crippen molar-refractivity contribution >= 4 is 27.9 Å². The van der Waals surface area contributed by atoms with Crippen molar-refractivity contribution in [3.63, 3.8) is 0 Å². The van der Waals surface area contributed by atoms with Crippen molar-refractivity contribution in [1.29, 1.82) is 0 Å². The molecule has 2 aromatic rings. The average molecular weight is 490 g/mol. The molecule has 1 aromatic carbocycles. The number of likely N-dealkylation sites (tertiary alicyclic amines) is 1. The van der Waals surface area contributed by atoms with Gasteiger partial charge in [0.25, 0.3) is 0 Å². The van der Waals surface area contributed by atoms with Gasteiger partial charge in [-0.1, -0.05) is 41.9 Å². The van der Waals surface area contributed by atoms with Gasteiger partial charge in [-0.15, -0.1) is 0 Å². The molecule has 4 rings (SSSR count). The maximum Gasteiger partial charge on any atom is 0.407 e. The number of aromatic nitrogens is 1. The van der Waals surface area contributed by atoms with Crippen LogP contribution < -0.4 is 5.32 Å². The van der Waals surface area contributed by atoms with E-state index in [9.17, 15) is 9.59 Å². The molecule has 0 radical (unpaired) electrons. The van der Waals surface area contributed by atoms with Crippen molar-refractivity contribution in [2.24, 2.45) is 5.92 Å². The molecule has 1 aromatic heterocycles. The third-order valence-corrected chi connectivity index (χ3v) is 6.67. The van der Waals surface area contributed by atoms with E-state index in [0.29, 0.717) is 19.8 Å². The van der Waals surface area contributed by atoms with Crippen LogP contribution in [0.4, 0.5) is 4.79 Å². The number of ether oxygens (including phenoxy) is 2. The van der Waals surface area contributed by atoms with Gasteiger partial charge >= 0.3 is 6.09 Å². The average Bonchev–Trinajstić information content (AvgIpc) is 3.48. The lowest BCUT2D eigenvalue weighted by Gasteiger charge is -2.31. The number of methoxy groups -OCH3 is 1. The van der Waals surface area contributed by atoms with E-state index in [-0.39, 0.29) is 17.9 Å². The summed E-state index contributed by atoms with van der Waals surface area (Å²) >= 11 is 3.49. The summed E-state index contributed by atoms with van der Waals surface area (Å²) in [6, 6.07) is 7.51. The number of H-pyrrole nitrogens is 1. The smallest absolute Gasteiger partial charge is 0.407 e. The molecule has 166 valence electrons. The molecule has 2 atom stereocenters. The molecule has 8 heteroatoms. The minimum absolute atomic E-state index is 0.0520. The van der Waals surface area contributed by atoms with Gasteiger partial charge in [-0.2, -0.15) is 0 Å². The quantitative estimate of drug-likeness (QED) is 0.646. The van der Waals surface area contributed by atoms with Crippen molar-refractivity contribution in [2.45, 2.75) is 52.0 Å². The molecule has 0 bridgehead atoms. The summed E-state index contributed by atoms with van der Waals surface area (Å²) < 4.78 is 11.5. The predicted octanol–water partition coefficient (Wildman–Crippen LogP) is 4.52. The Morgan fingerprint density at radius 1 is 1.23 bits per heavy atom. The third kappa shape index (κ3) is 4.23. The van der Waals surface area contributed by atoms with Gasteiger partial charge in [-0.25, -0.2) is 4.79 Å². The molecule has 1 saturated heterocycles. The maximum atomic E-state index is 13.4. The highest BCUT2D eigenvalue weighted by molar-refractivity contribution is 9.10. The summed E-state index contributed by atoms with van der Waals surface area (Å²) in [5.41, 5.74) is 5.54. The van der Waals surface area contributed by atoms with Crippen molar-refractivity contribution in [3.05, 3.63) is 45.6 Å². The topological polar surface area (TPSA) is 83.7 Å². The highest BCUT2D eigenvalue weighted by atomic mass is 79.9. The Morgan fingerprint density at radius 3 is 2.61 bits per heavy atom. The zero-order valence-electron chi connectivity index (χ0n) is 18.0. The first kappa shape index (κ1) is 21.9. The number of hydrogen-bond acceptors (Lipinski definition) is 4. The number of aromatic amines is 1. The second kappa shape index (κ2) is 9.04. The first-order valence-electron chi connectivity index (χ1n) is 10.6. The number of alkyl carbamates (subject to hydrolysis) is 1. The molecular weight excluding hydrogens is 462 g/mol. The van der Waals surface area contributed by atoms with Crippen molar-refractivity contribution in [3.8, 4) is 11.3 Å². The van der Waals surface area contributed by atoms with Crippen LogP contribution in [0.1, 0.15) is 49.6 Å². The molecule has 0 saturated carbocycles. The number of fused-ring (bicyclic) bond motifs is 1. The van der Waals surface area contributed by atoms with Crippen molar-refractivity contribution < 1.29 is 19.1 Å². The van der Waals surface area contributed by atoms with Crippen LogP contribution in [0.3, 0.4) is 0 Å². The molecule has 31 heavy (non-hydrogen) atoms. The van der Waals surface area contributed by atoms with E-state index in [0.717, 1.165) is 39.8 Å². The Morgan fingerprint density at radius 2 is 1.94 bits per heavy atom. The van der Waals surface area contributed by atoms with Gasteiger partial charge in [0.2, 0.25) is 5.91 Å². The first-order valence-corrected chi connectivity index (χ1v) is 11.4. The zero-order valence-corrected chi connectivity index (χ0v) is 19.6. The van der Waals surface area contributed by atoms with E-state index in [1.54, 1.807) is 0 Å². The number of rotatable bonds is 5. The fourth-order valence-electron chi connectivity index (χ4n) is 4.53. The van der Waals surface area contributed by atoms with Crippen LogP contribution in [0, 0.1) is 5.92 Å². The Hall–Kier alpha value is -2.32. The fourth-order valence-corrected chi connectivity index (χ4v) is 4.80. The summed E-state index contributed by atoms with van der Waals surface area (Å²) in [6.45, 7) is 5.63. The van der Waals surface area contributed by atoms with E-state index in [1.807, 2.05) is 30.9 Å². The number of benzene rings is 1. The zero-order chi connectivity index (χ0) is 22.1. The van der Waals surface area contributed by atoms with Gasteiger partial charge in [0.15, 0.2) is 0 Å². The van der Waals surface area contributed by atoms with Gasteiger partial charge in [-0.05, 0) is 36.5 Å². The first-order chi connectivity index (χ1) is 14.9. The number of hydrogen-bond donors (Lipinski definition) is 2. The number of halogens is 1. The maximum absolute atomic E-state index is 13.4. The molecule has 1 unspecified atom stereocenters. The summed E-state index contributed by atoms with van der Waals surface area (Å²) in [6.07, 6.45) is 1.21. The second-order valence-corrected chi connectivity index (χ2v) is 9.33.